The van der Waals surface area contributed by atoms with Crippen molar-refractivity contribution in [3.8, 4) is 0 Å². The lowest BCUT2D eigenvalue weighted by Crippen LogP contribution is -2.41. The van der Waals surface area contributed by atoms with Gasteiger partial charge in [0.2, 0.25) is 5.91 Å². The monoisotopic (exact) mass is 271 g/mol. The van der Waals surface area contributed by atoms with Crippen molar-refractivity contribution in [3.05, 3.63) is 23.3 Å². The number of rotatable bonds is 7. The first-order valence-corrected chi connectivity index (χ1v) is 6.44. The van der Waals surface area contributed by atoms with Crippen molar-refractivity contribution in [2.75, 3.05) is 5.75 Å². The molecule has 1 amide bonds. The normalized spacial score (nSPS) is 12.8. The Labute approximate surface area is 114 Å². The summed E-state index contributed by atoms with van der Waals surface area (Å²) >= 11 is 3.88. The number of aliphatic carboxylic acids is 1. The Morgan fingerprint density at radius 2 is 1.94 bits per heavy atom. The van der Waals surface area contributed by atoms with Crippen molar-refractivity contribution in [1.29, 1.82) is 0 Å². The van der Waals surface area contributed by atoms with Crippen LogP contribution in [0.1, 0.15) is 33.6 Å². The summed E-state index contributed by atoms with van der Waals surface area (Å²) in [6.45, 7) is 5.90. The molecule has 0 rings (SSSR count). The number of carbonyl (C=O) groups is 2. The highest BCUT2D eigenvalue weighted by Crippen LogP contribution is 2.06. The molecule has 0 aliphatic rings. The molecule has 0 aromatic carbocycles. The van der Waals surface area contributed by atoms with Gasteiger partial charge in [0.05, 0.1) is 0 Å². The van der Waals surface area contributed by atoms with Crippen LogP contribution < -0.4 is 5.32 Å². The number of carbonyl (C=O) groups excluding carboxylic acids is 1. The molecule has 0 aliphatic carbocycles. The van der Waals surface area contributed by atoms with Crippen LogP contribution in [0.5, 0.6) is 0 Å². The fourth-order valence-electron chi connectivity index (χ4n) is 1.28. The third-order valence-corrected chi connectivity index (χ3v) is 2.63. The number of carboxylic acid groups (broad SMARTS) is 1. The zero-order valence-corrected chi connectivity index (χ0v) is 12.0. The van der Waals surface area contributed by atoms with Gasteiger partial charge >= 0.3 is 5.97 Å². The van der Waals surface area contributed by atoms with Crippen molar-refractivity contribution in [3.63, 3.8) is 0 Å². The lowest BCUT2D eigenvalue weighted by atomic mass is 10.1. The van der Waals surface area contributed by atoms with E-state index in [2.05, 4.69) is 24.0 Å². The zero-order chi connectivity index (χ0) is 14.1. The summed E-state index contributed by atoms with van der Waals surface area (Å²) in [5.41, 5.74) is 2.17. The molecule has 0 saturated carbocycles. The van der Waals surface area contributed by atoms with Gasteiger partial charge in [-0.1, -0.05) is 17.2 Å². The van der Waals surface area contributed by atoms with Gasteiger partial charge in [0.25, 0.3) is 0 Å². The molecule has 0 saturated heterocycles. The van der Waals surface area contributed by atoms with Crippen LogP contribution in [0.3, 0.4) is 0 Å². The minimum absolute atomic E-state index is 0.0751. The Morgan fingerprint density at radius 3 is 2.39 bits per heavy atom. The van der Waals surface area contributed by atoms with E-state index in [1.165, 1.54) is 11.6 Å². The van der Waals surface area contributed by atoms with E-state index in [4.69, 9.17) is 5.11 Å². The van der Waals surface area contributed by atoms with Crippen LogP contribution in [-0.2, 0) is 9.59 Å². The maximum Gasteiger partial charge on any atom is 0.327 e. The van der Waals surface area contributed by atoms with Crippen molar-refractivity contribution in [2.45, 2.75) is 39.7 Å². The summed E-state index contributed by atoms with van der Waals surface area (Å²) in [5.74, 6) is -1.38. The quantitative estimate of drug-likeness (QED) is 0.378. The first-order chi connectivity index (χ1) is 8.36. The number of hydrogen-bond acceptors (Lipinski definition) is 3. The molecule has 1 unspecified atom stereocenters. The highest BCUT2D eigenvalue weighted by atomic mass is 32.1. The maximum absolute atomic E-state index is 11.5. The summed E-state index contributed by atoms with van der Waals surface area (Å²) in [7, 11) is 0. The van der Waals surface area contributed by atoms with E-state index in [-0.39, 0.29) is 11.7 Å². The molecule has 2 N–H and O–H groups in total. The molecule has 5 heteroatoms. The summed E-state index contributed by atoms with van der Waals surface area (Å²) in [6.07, 6.45) is 5.21. The van der Waals surface area contributed by atoms with Gasteiger partial charge in [0.15, 0.2) is 0 Å². The Balaban J connectivity index is 4.27. The molecule has 0 bridgehead atoms. The minimum Gasteiger partial charge on any atom is -0.480 e. The number of allylic oxidation sites excluding steroid dienone is 3. The van der Waals surface area contributed by atoms with Crippen LogP contribution in [-0.4, -0.2) is 28.8 Å². The number of amides is 1. The second kappa shape index (κ2) is 8.80. The van der Waals surface area contributed by atoms with E-state index >= 15 is 0 Å². The van der Waals surface area contributed by atoms with Gasteiger partial charge in [-0.15, -0.1) is 0 Å². The highest BCUT2D eigenvalue weighted by Gasteiger charge is 2.16. The van der Waals surface area contributed by atoms with Gasteiger partial charge < -0.3 is 10.4 Å². The lowest BCUT2D eigenvalue weighted by molar-refractivity contribution is -0.140. The summed E-state index contributed by atoms with van der Waals surface area (Å²) < 4.78 is 0. The zero-order valence-electron chi connectivity index (χ0n) is 11.1. The highest BCUT2D eigenvalue weighted by molar-refractivity contribution is 7.80. The molecular weight excluding hydrogens is 250 g/mol. The molecule has 4 nitrogen and oxygen atoms in total. The summed E-state index contributed by atoms with van der Waals surface area (Å²) in [6, 6.07) is -0.942. The molecule has 0 fully saturated rings. The van der Waals surface area contributed by atoms with Gasteiger partial charge in [-0.05, 0) is 33.6 Å². The van der Waals surface area contributed by atoms with Crippen LogP contribution in [0.15, 0.2) is 23.3 Å². The fraction of sp³-hybridized carbons (Fsp3) is 0.538. The average Bonchev–Trinajstić information content (AvgIpc) is 2.24. The Morgan fingerprint density at radius 1 is 1.33 bits per heavy atom. The molecule has 102 valence electrons. The van der Waals surface area contributed by atoms with Crippen molar-refractivity contribution in [2.24, 2.45) is 0 Å². The number of nitrogens with one attached hydrogen (secondary N) is 1. The molecule has 0 heterocycles. The molecule has 0 spiro atoms. The van der Waals surface area contributed by atoms with E-state index < -0.39 is 12.0 Å². The van der Waals surface area contributed by atoms with Crippen molar-refractivity contribution in [1.82, 2.24) is 5.32 Å². The Hall–Kier alpha value is -1.23. The predicted octanol–water partition coefficient (Wildman–Crippen LogP) is 2.18. The van der Waals surface area contributed by atoms with Crippen LogP contribution in [0.4, 0.5) is 0 Å². The molecule has 18 heavy (non-hydrogen) atoms. The van der Waals surface area contributed by atoms with Gasteiger partial charge in [-0.25, -0.2) is 4.79 Å². The molecule has 0 aliphatic heterocycles. The standard InChI is InChI=1S/C13H21NO3S/c1-9(2)5-4-6-10(3)7-12(15)14-11(8-18)13(16)17/h5,7,11,18H,4,6,8H2,1-3H3,(H,14,15)(H,16,17). The first-order valence-electron chi connectivity index (χ1n) is 5.81. The second-order valence-corrected chi connectivity index (χ2v) is 4.76. The summed E-state index contributed by atoms with van der Waals surface area (Å²) in [4.78, 5) is 22.2. The van der Waals surface area contributed by atoms with Gasteiger partial charge in [0.1, 0.15) is 6.04 Å². The average molecular weight is 271 g/mol. The number of thiol groups is 1. The third-order valence-electron chi connectivity index (χ3n) is 2.27. The molecule has 0 aromatic rings. The Bertz CT molecular complexity index is 357. The second-order valence-electron chi connectivity index (χ2n) is 4.39. The Kier molecular flexibility index (Phi) is 8.20. The van der Waals surface area contributed by atoms with Crippen LogP contribution in [0, 0.1) is 0 Å². The van der Waals surface area contributed by atoms with E-state index in [1.54, 1.807) is 0 Å². The third kappa shape index (κ3) is 7.95. The van der Waals surface area contributed by atoms with E-state index in [0.29, 0.717) is 0 Å². The van der Waals surface area contributed by atoms with E-state index in [1.807, 2.05) is 20.8 Å². The minimum atomic E-state index is -1.08. The molecule has 0 radical (unpaired) electrons. The molecule has 0 aromatic heterocycles. The maximum atomic E-state index is 11.5. The molecular formula is C13H21NO3S. The first kappa shape index (κ1) is 16.8. The topological polar surface area (TPSA) is 66.4 Å². The number of hydrogen-bond donors (Lipinski definition) is 3. The van der Waals surface area contributed by atoms with E-state index in [9.17, 15) is 9.59 Å². The summed E-state index contributed by atoms with van der Waals surface area (Å²) in [5, 5.41) is 11.2. The number of carboxylic acids is 1. The van der Waals surface area contributed by atoms with Gasteiger partial charge in [0, 0.05) is 11.8 Å². The largest absolute Gasteiger partial charge is 0.480 e. The van der Waals surface area contributed by atoms with E-state index in [0.717, 1.165) is 18.4 Å². The van der Waals surface area contributed by atoms with Gasteiger partial charge in [-0.3, -0.25) is 4.79 Å². The van der Waals surface area contributed by atoms with Crippen molar-refractivity contribution >= 4 is 24.5 Å². The molecule has 1 atom stereocenters. The smallest absolute Gasteiger partial charge is 0.327 e. The van der Waals surface area contributed by atoms with Crippen molar-refractivity contribution < 1.29 is 14.7 Å². The SMILES string of the molecule is CC(C)=CCCC(C)=CC(=O)NC(CS)C(=O)O. The van der Waals surface area contributed by atoms with Crippen LogP contribution in [0.2, 0.25) is 0 Å². The van der Waals surface area contributed by atoms with Crippen LogP contribution in [0.25, 0.3) is 0 Å². The lowest BCUT2D eigenvalue weighted by Gasteiger charge is -2.10. The predicted molar refractivity (Wildman–Crippen MR) is 75.8 cm³/mol. The fourth-order valence-corrected chi connectivity index (χ4v) is 1.53. The van der Waals surface area contributed by atoms with Crippen LogP contribution >= 0.6 is 12.6 Å². The van der Waals surface area contributed by atoms with Gasteiger partial charge in [-0.2, -0.15) is 12.6 Å².